The second kappa shape index (κ2) is 8.71. The zero-order valence-electron chi connectivity index (χ0n) is 15.4. The van der Waals surface area contributed by atoms with Gasteiger partial charge in [-0.15, -0.1) is 0 Å². The molecule has 1 unspecified atom stereocenters. The molecule has 0 aliphatic rings. The third-order valence-electron chi connectivity index (χ3n) is 3.96. The van der Waals surface area contributed by atoms with Crippen LogP contribution in [0, 0.1) is 6.92 Å². The molecule has 0 saturated heterocycles. The van der Waals surface area contributed by atoms with Crippen molar-refractivity contribution in [2.75, 3.05) is 17.2 Å². The van der Waals surface area contributed by atoms with Crippen molar-refractivity contribution < 1.29 is 32.6 Å². The Labute approximate surface area is 169 Å². The fourth-order valence-electron chi connectivity index (χ4n) is 2.51. The molecule has 0 spiro atoms. The van der Waals surface area contributed by atoms with Gasteiger partial charge >= 0.3 is 18.2 Å². The fourth-order valence-corrected chi connectivity index (χ4v) is 2.70. The van der Waals surface area contributed by atoms with E-state index in [0.29, 0.717) is 10.7 Å². The van der Waals surface area contributed by atoms with Crippen LogP contribution in [0.2, 0.25) is 5.02 Å². The number of anilines is 2. The molecule has 0 fully saturated rings. The summed E-state index contributed by atoms with van der Waals surface area (Å²) in [6.07, 6.45) is -5.30. The zero-order valence-corrected chi connectivity index (χ0v) is 16.2. The number of aryl methyl sites for hydroxylation is 1. The number of nitrogens with one attached hydrogen (secondary N) is 2. The molecule has 0 radical (unpaired) electrons. The minimum Gasteiger partial charge on any atom is -0.463 e. The van der Waals surface area contributed by atoms with Crippen molar-refractivity contribution in [2.45, 2.75) is 25.6 Å². The number of hydrogen-bond donors (Lipinski definition) is 3. The van der Waals surface area contributed by atoms with Crippen LogP contribution in [0.5, 0.6) is 0 Å². The normalized spacial score (nSPS) is 13.3. The van der Waals surface area contributed by atoms with E-state index >= 15 is 0 Å². The lowest BCUT2D eigenvalue weighted by molar-refractivity contribution is -0.267. The summed E-state index contributed by atoms with van der Waals surface area (Å²) in [4.78, 5) is 23.9. The van der Waals surface area contributed by atoms with Crippen LogP contribution >= 0.6 is 11.6 Å². The number of carbonyl (C=O) groups is 2. The highest BCUT2D eigenvalue weighted by molar-refractivity contribution is 6.30. The summed E-state index contributed by atoms with van der Waals surface area (Å²) in [6.45, 7) is 2.41. The largest absolute Gasteiger partial charge is 0.463 e. The summed E-state index contributed by atoms with van der Waals surface area (Å²) in [5, 5.41) is 15.5. The number of amides is 2. The molecule has 0 bridgehead atoms. The summed E-state index contributed by atoms with van der Waals surface area (Å²) >= 11 is 5.83. The molecule has 29 heavy (non-hydrogen) atoms. The van der Waals surface area contributed by atoms with Crippen molar-refractivity contribution in [1.29, 1.82) is 0 Å². The minimum absolute atomic E-state index is 0.182. The number of halogens is 4. The molecule has 6 nitrogen and oxygen atoms in total. The third kappa shape index (κ3) is 4.99. The Morgan fingerprint density at radius 2 is 1.83 bits per heavy atom. The van der Waals surface area contributed by atoms with Gasteiger partial charge in [0.05, 0.1) is 6.61 Å². The average Bonchev–Trinajstić information content (AvgIpc) is 2.61. The Balaban J connectivity index is 2.26. The fraction of sp³-hybridized carbons (Fsp3) is 0.263. The highest BCUT2D eigenvalue weighted by Crippen LogP contribution is 2.41. The third-order valence-corrected chi connectivity index (χ3v) is 4.19. The number of esters is 1. The molecule has 0 aliphatic carbocycles. The first-order chi connectivity index (χ1) is 13.5. The molecule has 2 amide bonds. The molecule has 0 aliphatic heterocycles. The highest BCUT2D eigenvalue weighted by atomic mass is 35.5. The smallest absolute Gasteiger partial charge is 0.432 e. The van der Waals surface area contributed by atoms with Gasteiger partial charge in [0, 0.05) is 22.0 Å². The van der Waals surface area contributed by atoms with Crippen molar-refractivity contribution in [3.05, 3.63) is 58.6 Å². The first-order valence-electron chi connectivity index (χ1n) is 8.40. The Bertz CT molecular complexity index is 921. The van der Waals surface area contributed by atoms with Crippen LogP contribution in [0.3, 0.4) is 0 Å². The number of urea groups is 1. The predicted molar refractivity (Wildman–Crippen MR) is 102 cm³/mol. The van der Waals surface area contributed by atoms with Crippen LogP contribution in [0.15, 0.2) is 42.5 Å². The molecule has 156 valence electrons. The standard InChI is InChI=1S/C19H18ClF3N2O4/c1-3-29-16(26)18(28,19(21,22)23)12-7-8-15(11(2)9-12)25-17(27)24-14-6-4-5-13(20)10-14/h4-10,28H,3H2,1-2H3,(H2,24,25,27). The average molecular weight is 431 g/mol. The summed E-state index contributed by atoms with van der Waals surface area (Å²) in [5.74, 6) is -1.83. The van der Waals surface area contributed by atoms with Crippen LogP contribution < -0.4 is 10.6 Å². The van der Waals surface area contributed by atoms with Gasteiger partial charge in [0.15, 0.2) is 0 Å². The van der Waals surface area contributed by atoms with E-state index in [1.54, 1.807) is 18.2 Å². The maximum absolute atomic E-state index is 13.4. The first kappa shape index (κ1) is 22.5. The van der Waals surface area contributed by atoms with Crippen molar-refractivity contribution in [3.63, 3.8) is 0 Å². The molecule has 2 aromatic rings. The van der Waals surface area contributed by atoms with Gasteiger partial charge < -0.3 is 20.5 Å². The van der Waals surface area contributed by atoms with Gasteiger partial charge in [-0.3, -0.25) is 0 Å². The van der Waals surface area contributed by atoms with E-state index in [2.05, 4.69) is 15.4 Å². The lowest BCUT2D eigenvalue weighted by Gasteiger charge is -2.29. The molecular formula is C19H18ClF3N2O4. The number of benzene rings is 2. The first-order valence-corrected chi connectivity index (χ1v) is 8.78. The molecule has 3 N–H and O–H groups in total. The summed E-state index contributed by atoms with van der Waals surface area (Å²) in [5.41, 5.74) is -3.76. The van der Waals surface area contributed by atoms with Gasteiger partial charge in [0.25, 0.3) is 5.60 Å². The second-order valence-corrected chi connectivity index (χ2v) is 6.48. The van der Waals surface area contributed by atoms with Gasteiger partial charge in [-0.25, -0.2) is 9.59 Å². The van der Waals surface area contributed by atoms with Gasteiger partial charge in [-0.05, 0) is 43.7 Å². The molecule has 0 heterocycles. The zero-order chi connectivity index (χ0) is 21.8. The number of ether oxygens (including phenoxy) is 1. The Morgan fingerprint density at radius 3 is 2.38 bits per heavy atom. The Morgan fingerprint density at radius 1 is 1.14 bits per heavy atom. The van der Waals surface area contributed by atoms with Crippen LogP contribution in [0.4, 0.5) is 29.3 Å². The van der Waals surface area contributed by atoms with E-state index in [-0.39, 0.29) is 17.9 Å². The molecule has 0 saturated carbocycles. The quantitative estimate of drug-likeness (QED) is 0.605. The van der Waals surface area contributed by atoms with Gasteiger partial charge in [-0.2, -0.15) is 13.2 Å². The summed E-state index contributed by atoms with van der Waals surface area (Å²) in [7, 11) is 0. The second-order valence-electron chi connectivity index (χ2n) is 6.05. The number of aliphatic hydroxyl groups is 1. The van der Waals surface area contributed by atoms with Gasteiger partial charge in [-0.1, -0.05) is 29.8 Å². The molecule has 10 heteroatoms. The molecule has 0 aromatic heterocycles. The van der Waals surface area contributed by atoms with Crippen molar-refractivity contribution in [1.82, 2.24) is 0 Å². The van der Waals surface area contributed by atoms with Crippen LogP contribution in [0.1, 0.15) is 18.1 Å². The van der Waals surface area contributed by atoms with E-state index in [9.17, 15) is 27.9 Å². The molecule has 2 rings (SSSR count). The predicted octanol–water partition coefficient (Wildman–Crippen LogP) is 4.61. The number of alkyl halides is 3. The van der Waals surface area contributed by atoms with Crippen molar-refractivity contribution in [3.8, 4) is 0 Å². The van der Waals surface area contributed by atoms with Gasteiger partial charge in [0.2, 0.25) is 0 Å². The monoisotopic (exact) mass is 430 g/mol. The van der Waals surface area contributed by atoms with E-state index < -0.39 is 29.3 Å². The number of rotatable bonds is 5. The molecule has 2 aromatic carbocycles. The molecule has 1 atom stereocenters. The van der Waals surface area contributed by atoms with Crippen molar-refractivity contribution >= 4 is 35.0 Å². The summed E-state index contributed by atoms with van der Waals surface area (Å²) in [6, 6.07) is 8.72. The van der Waals surface area contributed by atoms with Crippen LogP contribution in [-0.2, 0) is 15.1 Å². The van der Waals surface area contributed by atoms with Crippen LogP contribution in [-0.4, -0.2) is 29.9 Å². The number of hydrogen-bond acceptors (Lipinski definition) is 4. The highest BCUT2D eigenvalue weighted by Gasteiger charge is 2.62. The maximum atomic E-state index is 13.4. The lowest BCUT2D eigenvalue weighted by Crippen LogP contribution is -2.50. The van der Waals surface area contributed by atoms with E-state index in [1.807, 2.05) is 0 Å². The van der Waals surface area contributed by atoms with E-state index in [0.717, 1.165) is 18.2 Å². The number of carbonyl (C=O) groups excluding carboxylic acids is 2. The van der Waals surface area contributed by atoms with Crippen molar-refractivity contribution in [2.24, 2.45) is 0 Å². The molecular weight excluding hydrogens is 413 g/mol. The maximum Gasteiger partial charge on any atom is 0.432 e. The Hall–Kier alpha value is -2.78. The minimum atomic E-state index is -5.30. The van der Waals surface area contributed by atoms with Gasteiger partial charge in [0.1, 0.15) is 0 Å². The topological polar surface area (TPSA) is 87.7 Å². The summed E-state index contributed by atoms with van der Waals surface area (Å²) < 4.78 is 44.7. The lowest BCUT2D eigenvalue weighted by atomic mass is 9.91. The van der Waals surface area contributed by atoms with E-state index in [1.165, 1.54) is 19.9 Å². The van der Waals surface area contributed by atoms with Crippen LogP contribution in [0.25, 0.3) is 0 Å². The van der Waals surface area contributed by atoms with E-state index in [4.69, 9.17) is 11.6 Å². The Kier molecular flexibility index (Phi) is 6.76. The SMILES string of the molecule is CCOC(=O)C(O)(c1ccc(NC(=O)Nc2cccc(Cl)c2)c(C)c1)C(F)(F)F.